The lowest BCUT2D eigenvalue weighted by Crippen LogP contribution is -2.10. The molecule has 0 bridgehead atoms. The van der Waals surface area contributed by atoms with E-state index in [-0.39, 0.29) is 6.10 Å². The van der Waals surface area contributed by atoms with E-state index in [2.05, 4.69) is 6.08 Å². The number of hydrogen-bond donors (Lipinski definition) is 1. The summed E-state index contributed by atoms with van der Waals surface area (Å²) in [6.07, 6.45) is 5.25. The van der Waals surface area contributed by atoms with Crippen LogP contribution in [0.2, 0.25) is 0 Å². The Morgan fingerprint density at radius 3 is 2.88 bits per heavy atom. The summed E-state index contributed by atoms with van der Waals surface area (Å²) in [6.45, 7) is 1.99. The Kier molecular flexibility index (Phi) is 1.69. The van der Waals surface area contributed by atoms with Gasteiger partial charge >= 0.3 is 0 Å². The van der Waals surface area contributed by atoms with Crippen molar-refractivity contribution in [3.05, 3.63) is 11.6 Å². The van der Waals surface area contributed by atoms with Crippen LogP contribution in [0.4, 0.5) is 0 Å². The van der Waals surface area contributed by atoms with E-state index in [4.69, 9.17) is 5.11 Å². The van der Waals surface area contributed by atoms with Crippen LogP contribution in [0.3, 0.4) is 0 Å². The summed E-state index contributed by atoms with van der Waals surface area (Å²) in [6, 6.07) is 0. The molecule has 0 aromatic rings. The van der Waals surface area contributed by atoms with Gasteiger partial charge in [0.05, 0.1) is 6.10 Å². The normalized spacial score (nSPS) is 29.8. The molecule has 1 rings (SSSR count). The van der Waals surface area contributed by atoms with E-state index in [9.17, 15) is 0 Å². The highest BCUT2D eigenvalue weighted by Gasteiger charge is 2.08. The minimum atomic E-state index is -0.135. The van der Waals surface area contributed by atoms with Crippen molar-refractivity contribution < 1.29 is 5.11 Å². The molecule has 0 heterocycles. The van der Waals surface area contributed by atoms with E-state index >= 15 is 0 Å². The summed E-state index contributed by atoms with van der Waals surface area (Å²) in [5.41, 5.74) is 1.15. The Bertz CT molecular complexity index is 105. The largest absolute Gasteiger partial charge is 0.389 e. The van der Waals surface area contributed by atoms with Crippen LogP contribution in [0.1, 0.15) is 26.2 Å². The minimum absolute atomic E-state index is 0.135. The molecular formula is C7H12O. The second-order valence-electron chi connectivity index (χ2n) is 2.39. The molecule has 1 N–H and O–H groups in total. The summed E-state index contributed by atoms with van der Waals surface area (Å²) < 4.78 is 0. The molecule has 0 aliphatic heterocycles. The van der Waals surface area contributed by atoms with E-state index in [0.29, 0.717) is 0 Å². The molecule has 1 heteroatoms. The number of aliphatic hydroxyl groups is 1. The van der Waals surface area contributed by atoms with Gasteiger partial charge in [0.15, 0.2) is 0 Å². The molecule has 0 unspecified atom stereocenters. The fourth-order valence-corrected chi connectivity index (χ4v) is 1.00. The molecule has 0 saturated carbocycles. The van der Waals surface area contributed by atoms with Gasteiger partial charge in [-0.25, -0.2) is 0 Å². The van der Waals surface area contributed by atoms with E-state index in [1.807, 2.05) is 6.92 Å². The van der Waals surface area contributed by atoms with Crippen molar-refractivity contribution in [2.24, 2.45) is 0 Å². The maximum atomic E-state index is 9.11. The Labute approximate surface area is 50.0 Å². The fourth-order valence-electron chi connectivity index (χ4n) is 1.00. The third-order valence-corrected chi connectivity index (χ3v) is 1.67. The lowest BCUT2D eigenvalue weighted by atomic mass is 9.98. The third kappa shape index (κ3) is 1.10. The molecule has 8 heavy (non-hydrogen) atoms. The first-order valence-electron chi connectivity index (χ1n) is 3.15. The zero-order valence-electron chi connectivity index (χ0n) is 5.22. The van der Waals surface area contributed by atoms with E-state index in [0.717, 1.165) is 24.8 Å². The van der Waals surface area contributed by atoms with Gasteiger partial charge in [0.1, 0.15) is 0 Å². The fraction of sp³-hybridized carbons (Fsp3) is 0.714. The van der Waals surface area contributed by atoms with Crippen LogP contribution in [0.5, 0.6) is 0 Å². The van der Waals surface area contributed by atoms with E-state index in [1.165, 1.54) is 0 Å². The quantitative estimate of drug-likeness (QED) is 0.470. The Balaban J connectivity index is 2.53. The van der Waals surface area contributed by atoms with Gasteiger partial charge in [0, 0.05) is 0 Å². The summed E-state index contributed by atoms with van der Waals surface area (Å²) in [5.74, 6) is 0. The number of rotatable bonds is 0. The SMILES string of the molecule is CC1=CCCC[C@@H]1O. The smallest absolute Gasteiger partial charge is 0.0747 e. The molecule has 0 saturated heterocycles. The molecule has 0 fully saturated rings. The van der Waals surface area contributed by atoms with Crippen LogP contribution in [0, 0.1) is 0 Å². The Morgan fingerprint density at radius 2 is 2.50 bits per heavy atom. The molecule has 0 amide bonds. The summed E-state index contributed by atoms with van der Waals surface area (Å²) >= 11 is 0. The molecule has 1 aliphatic carbocycles. The first-order valence-corrected chi connectivity index (χ1v) is 3.15. The van der Waals surface area contributed by atoms with Gasteiger partial charge < -0.3 is 5.11 Å². The highest BCUT2D eigenvalue weighted by atomic mass is 16.3. The molecular weight excluding hydrogens is 100 g/mol. The van der Waals surface area contributed by atoms with Crippen LogP contribution in [0.15, 0.2) is 11.6 Å². The monoisotopic (exact) mass is 112 g/mol. The minimum Gasteiger partial charge on any atom is -0.389 e. The van der Waals surface area contributed by atoms with Crippen molar-refractivity contribution >= 4 is 0 Å². The number of allylic oxidation sites excluding steroid dienone is 1. The van der Waals surface area contributed by atoms with Crippen molar-refractivity contribution in [1.82, 2.24) is 0 Å². The first-order chi connectivity index (χ1) is 3.80. The number of hydrogen-bond acceptors (Lipinski definition) is 1. The predicted octanol–water partition coefficient (Wildman–Crippen LogP) is 1.48. The molecule has 0 spiro atoms. The first kappa shape index (κ1) is 5.83. The molecule has 1 aliphatic rings. The molecule has 1 atom stereocenters. The van der Waals surface area contributed by atoms with Crippen molar-refractivity contribution in [3.63, 3.8) is 0 Å². The zero-order valence-corrected chi connectivity index (χ0v) is 5.22. The van der Waals surface area contributed by atoms with E-state index < -0.39 is 0 Å². The van der Waals surface area contributed by atoms with Gasteiger partial charge in [-0.15, -0.1) is 0 Å². The average Bonchev–Trinajstić information content (AvgIpc) is 1.77. The van der Waals surface area contributed by atoms with Crippen molar-refractivity contribution in [2.75, 3.05) is 0 Å². The highest BCUT2D eigenvalue weighted by molar-refractivity contribution is 5.07. The summed E-state index contributed by atoms with van der Waals surface area (Å²) in [4.78, 5) is 0. The molecule has 1 nitrogen and oxygen atoms in total. The Hall–Kier alpha value is -0.300. The van der Waals surface area contributed by atoms with Crippen molar-refractivity contribution in [1.29, 1.82) is 0 Å². The predicted molar refractivity (Wildman–Crippen MR) is 33.6 cm³/mol. The lowest BCUT2D eigenvalue weighted by Gasteiger charge is -2.14. The van der Waals surface area contributed by atoms with Gasteiger partial charge in [-0.1, -0.05) is 6.08 Å². The van der Waals surface area contributed by atoms with Gasteiger partial charge in [0.25, 0.3) is 0 Å². The van der Waals surface area contributed by atoms with Crippen molar-refractivity contribution in [3.8, 4) is 0 Å². The summed E-state index contributed by atoms with van der Waals surface area (Å²) in [7, 11) is 0. The maximum Gasteiger partial charge on any atom is 0.0747 e. The van der Waals surface area contributed by atoms with Gasteiger partial charge in [0.2, 0.25) is 0 Å². The second kappa shape index (κ2) is 2.31. The number of aliphatic hydroxyl groups excluding tert-OH is 1. The van der Waals surface area contributed by atoms with Gasteiger partial charge in [-0.2, -0.15) is 0 Å². The molecule has 0 aromatic carbocycles. The van der Waals surface area contributed by atoms with Crippen LogP contribution in [-0.4, -0.2) is 11.2 Å². The topological polar surface area (TPSA) is 20.2 Å². The highest BCUT2D eigenvalue weighted by Crippen LogP contribution is 2.16. The average molecular weight is 112 g/mol. The third-order valence-electron chi connectivity index (χ3n) is 1.67. The van der Waals surface area contributed by atoms with E-state index in [1.54, 1.807) is 0 Å². The standard InChI is InChI=1S/C7H12O/c1-6-4-2-3-5-7(6)8/h4,7-8H,2-3,5H2,1H3/t7-/m0/s1. The van der Waals surface area contributed by atoms with Crippen LogP contribution in [0.25, 0.3) is 0 Å². The van der Waals surface area contributed by atoms with Gasteiger partial charge in [-0.05, 0) is 31.8 Å². The van der Waals surface area contributed by atoms with Crippen molar-refractivity contribution in [2.45, 2.75) is 32.3 Å². The molecule has 46 valence electrons. The second-order valence-corrected chi connectivity index (χ2v) is 2.39. The summed E-state index contributed by atoms with van der Waals surface area (Å²) in [5, 5.41) is 9.11. The lowest BCUT2D eigenvalue weighted by molar-refractivity contribution is 0.191. The molecule has 0 aromatic heterocycles. The van der Waals surface area contributed by atoms with Crippen LogP contribution in [-0.2, 0) is 0 Å². The van der Waals surface area contributed by atoms with Crippen LogP contribution >= 0.6 is 0 Å². The zero-order chi connectivity index (χ0) is 5.98. The molecule has 0 radical (unpaired) electrons. The van der Waals surface area contributed by atoms with Crippen LogP contribution < -0.4 is 0 Å². The maximum absolute atomic E-state index is 9.11. The van der Waals surface area contributed by atoms with Gasteiger partial charge in [-0.3, -0.25) is 0 Å². The Morgan fingerprint density at radius 1 is 1.75 bits per heavy atom.